The molecule has 15 heavy (non-hydrogen) atoms. The first-order chi connectivity index (χ1) is 6.91. The van der Waals surface area contributed by atoms with Crippen molar-refractivity contribution in [2.45, 2.75) is 12.8 Å². The number of hydrogen-bond acceptors (Lipinski definition) is 3. The van der Waals surface area contributed by atoms with Gasteiger partial charge in [-0.1, -0.05) is 0 Å². The van der Waals surface area contributed by atoms with Crippen LogP contribution < -0.4 is 5.73 Å². The van der Waals surface area contributed by atoms with Gasteiger partial charge in [0.05, 0.1) is 6.42 Å². The minimum Gasteiger partial charge on any atom is -0.481 e. The number of carbonyl (C=O) groups is 1. The van der Waals surface area contributed by atoms with Crippen LogP contribution in [0.3, 0.4) is 0 Å². The van der Waals surface area contributed by atoms with Gasteiger partial charge in [-0.25, -0.2) is 13.8 Å². The van der Waals surface area contributed by atoms with Crippen LogP contribution in [0.4, 0.5) is 14.5 Å². The second-order valence-corrected chi connectivity index (χ2v) is 3.87. The Morgan fingerprint density at radius 3 is 2.73 bits per heavy atom. The summed E-state index contributed by atoms with van der Waals surface area (Å²) in [4.78, 5) is 14.0. The van der Waals surface area contributed by atoms with Gasteiger partial charge in [0, 0.05) is 11.3 Å². The zero-order chi connectivity index (χ0) is 11.6. The quantitative estimate of drug-likeness (QED) is 0.656. The maximum absolute atomic E-state index is 12.5. The number of rotatable bonds is 3. The van der Waals surface area contributed by atoms with Crippen molar-refractivity contribution in [3.8, 4) is 0 Å². The van der Waals surface area contributed by atoms with Crippen LogP contribution in [0, 0.1) is 3.70 Å². The van der Waals surface area contributed by atoms with Crippen LogP contribution in [0.1, 0.15) is 17.7 Å². The third kappa shape index (κ3) is 2.98. The SMILES string of the molecule is Nc1cc(I)nc(C(F)F)c1CC(=O)O. The Morgan fingerprint density at radius 1 is 1.67 bits per heavy atom. The zero-order valence-corrected chi connectivity index (χ0v) is 9.53. The van der Waals surface area contributed by atoms with E-state index in [1.807, 2.05) is 0 Å². The number of nitrogen functional groups attached to an aromatic ring is 1. The Hall–Kier alpha value is -0.990. The van der Waals surface area contributed by atoms with Crippen molar-refractivity contribution in [3.63, 3.8) is 0 Å². The van der Waals surface area contributed by atoms with Crippen molar-refractivity contribution in [2.75, 3.05) is 5.73 Å². The molecule has 0 fully saturated rings. The van der Waals surface area contributed by atoms with E-state index in [1.165, 1.54) is 6.07 Å². The number of halogens is 3. The molecule has 3 N–H and O–H groups in total. The molecule has 0 bridgehead atoms. The molecule has 0 radical (unpaired) electrons. The van der Waals surface area contributed by atoms with Crippen molar-refractivity contribution in [1.29, 1.82) is 0 Å². The molecule has 0 spiro atoms. The maximum atomic E-state index is 12.5. The van der Waals surface area contributed by atoms with E-state index in [2.05, 4.69) is 4.98 Å². The molecule has 0 aliphatic rings. The first kappa shape index (κ1) is 12.1. The van der Waals surface area contributed by atoms with Gasteiger partial charge in [0.15, 0.2) is 0 Å². The summed E-state index contributed by atoms with van der Waals surface area (Å²) in [7, 11) is 0. The molecular formula is C8H7F2IN2O2. The number of pyridine rings is 1. The number of aromatic nitrogens is 1. The maximum Gasteiger partial charge on any atom is 0.307 e. The minimum atomic E-state index is -2.82. The molecule has 7 heteroatoms. The van der Waals surface area contributed by atoms with Crippen molar-refractivity contribution in [3.05, 3.63) is 21.0 Å². The number of hydrogen-bond donors (Lipinski definition) is 2. The molecule has 0 saturated heterocycles. The smallest absolute Gasteiger partial charge is 0.307 e. The summed E-state index contributed by atoms with van der Waals surface area (Å²) in [5, 5.41) is 8.54. The normalized spacial score (nSPS) is 10.7. The summed E-state index contributed by atoms with van der Waals surface area (Å²) in [5.74, 6) is -1.22. The minimum absolute atomic E-state index is 0.0344. The largest absolute Gasteiger partial charge is 0.481 e. The monoisotopic (exact) mass is 328 g/mol. The van der Waals surface area contributed by atoms with E-state index in [0.717, 1.165) is 0 Å². The molecule has 82 valence electrons. The lowest BCUT2D eigenvalue weighted by atomic mass is 10.1. The first-order valence-electron chi connectivity index (χ1n) is 3.86. The molecular weight excluding hydrogens is 321 g/mol. The number of nitrogens with zero attached hydrogens (tertiary/aromatic N) is 1. The van der Waals surface area contributed by atoms with Gasteiger partial charge in [-0.2, -0.15) is 0 Å². The average Bonchev–Trinajstić information content (AvgIpc) is 2.08. The summed E-state index contributed by atoms with van der Waals surface area (Å²) in [6.45, 7) is 0. The number of anilines is 1. The fourth-order valence-corrected chi connectivity index (χ4v) is 1.70. The lowest BCUT2D eigenvalue weighted by Gasteiger charge is -2.09. The number of carboxylic acids is 1. The van der Waals surface area contributed by atoms with Crippen LogP contribution in [-0.2, 0) is 11.2 Å². The van der Waals surface area contributed by atoms with Crippen molar-refractivity contribution >= 4 is 34.2 Å². The number of nitrogens with two attached hydrogens (primary N) is 1. The lowest BCUT2D eigenvalue weighted by Crippen LogP contribution is -2.10. The molecule has 1 aromatic rings. The van der Waals surface area contributed by atoms with E-state index in [4.69, 9.17) is 10.8 Å². The third-order valence-electron chi connectivity index (χ3n) is 1.69. The van der Waals surface area contributed by atoms with Crippen LogP contribution in [-0.4, -0.2) is 16.1 Å². The molecule has 0 saturated carbocycles. The van der Waals surface area contributed by atoms with E-state index in [-0.39, 0.29) is 11.3 Å². The van der Waals surface area contributed by atoms with Gasteiger partial charge >= 0.3 is 5.97 Å². The second kappa shape index (κ2) is 4.69. The van der Waals surface area contributed by atoms with Gasteiger partial charge in [0.2, 0.25) is 0 Å². The van der Waals surface area contributed by atoms with Crippen molar-refractivity contribution in [2.24, 2.45) is 0 Å². The van der Waals surface area contributed by atoms with E-state index in [9.17, 15) is 13.6 Å². The Morgan fingerprint density at radius 2 is 2.27 bits per heavy atom. The fraction of sp³-hybridized carbons (Fsp3) is 0.250. The van der Waals surface area contributed by atoms with Gasteiger partial charge < -0.3 is 10.8 Å². The van der Waals surface area contributed by atoms with E-state index in [1.54, 1.807) is 22.6 Å². The Labute approximate surface area is 97.6 Å². The fourth-order valence-electron chi connectivity index (χ4n) is 1.10. The second-order valence-electron chi connectivity index (χ2n) is 2.77. The summed E-state index contributed by atoms with van der Waals surface area (Å²) in [5.41, 5.74) is 4.83. The van der Waals surface area contributed by atoms with Crippen LogP contribution in [0.5, 0.6) is 0 Å². The average molecular weight is 328 g/mol. The van der Waals surface area contributed by atoms with Gasteiger partial charge in [-0.05, 0) is 28.7 Å². The van der Waals surface area contributed by atoms with E-state index >= 15 is 0 Å². The molecule has 0 atom stereocenters. The molecule has 0 aliphatic heterocycles. The highest BCUT2D eigenvalue weighted by Crippen LogP contribution is 2.26. The Balaban J connectivity index is 3.26. The van der Waals surface area contributed by atoms with Crippen LogP contribution in [0.15, 0.2) is 6.07 Å². The highest BCUT2D eigenvalue weighted by molar-refractivity contribution is 14.1. The standard InChI is InChI=1S/C8H7F2IN2O2/c9-8(10)7-3(1-6(14)15)4(12)2-5(11)13-7/h2,8H,1H2,(H2,12,13)(H,14,15). The van der Waals surface area contributed by atoms with Gasteiger partial charge in [-0.15, -0.1) is 0 Å². The highest BCUT2D eigenvalue weighted by Gasteiger charge is 2.20. The highest BCUT2D eigenvalue weighted by atomic mass is 127. The molecule has 0 unspecified atom stereocenters. The van der Waals surface area contributed by atoms with Gasteiger partial charge in [0.1, 0.15) is 9.39 Å². The number of alkyl halides is 2. The zero-order valence-electron chi connectivity index (χ0n) is 7.38. The molecule has 1 rings (SSSR count). The lowest BCUT2D eigenvalue weighted by molar-refractivity contribution is -0.136. The predicted molar refractivity (Wildman–Crippen MR) is 57.7 cm³/mol. The molecule has 0 amide bonds. The predicted octanol–water partition coefficient (Wildman–Crippen LogP) is 1.83. The van der Waals surface area contributed by atoms with Gasteiger partial charge in [-0.3, -0.25) is 4.79 Å². The summed E-state index contributed by atoms with van der Waals surface area (Å²) < 4.78 is 25.4. The molecule has 1 aromatic heterocycles. The summed E-state index contributed by atoms with van der Waals surface area (Å²) >= 11 is 1.74. The van der Waals surface area contributed by atoms with E-state index in [0.29, 0.717) is 3.70 Å². The summed E-state index contributed by atoms with van der Waals surface area (Å²) in [6.07, 6.45) is -3.37. The van der Waals surface area contributed by atoms with Crippen molar-refractivity contribution < 1.29 is 18.7 Å². The van der Waals surface area contributed by atoms with Crippen molar-refractivity contribution in [1.82, 2.24) is 4.98 Å². The molecule has 4 nitrogen and oxygen atoms in total. The van der Waals surface area contributed by atoms with Crippen LogP contribution in [0.25, 0.3) is 0 Å². The third-order valence-corrected chi connectivity index (χ3v) is 2.25. The first-order valence-corrected chi connectivity index (χ1v) is 4.94. The number of carboxylic acid groups (broad SMARTS) is 1. The number of aliphatic carboxylic acids is 1. The molecule has 1 heterocycles. The van der Waals surface area contributed by atoms with Gasteiger partial charge in [0.25, 0.3) is 6.43 Å². The van der Waals surface area contributed by atoms with Crippen LogP contribution >= 0.6 is 22.6 Å². The van der Waals surface area contributed by atoms with Crippen LogP contribution in [0.2, 0.25) is 0 Å². The molecule has 0 aliphatic carbocycles. The summed E-state index contributed by atoms with van der Waals surface area (Å²) in [6, 6.07) is 1.37. The van der Waals surface area contributed by atoms with E-state index < -0.39 is 24.5 Å². The Bertz CT molecular complexity index is 398. The molecule has 0 aromatic carbocycles. The Kier molecular flexibility index (Phi) is 3.77. The topological polar surface area (TPSA) is 76.2 Å².